The average molecular weight is 443 g/mol. The van der Waals surface area contributed by atoms with Crippen LogP contribution in [-0.2, 0) is 0 Å². The molecule has 6 atom stereocenters. The van der Waals surface area contributed by atoms with E-state index in [0.717, 1.165) is 18.3 Å². The van der Waals surface area contributed by atoms with Crippen molar-refractivity contribution in [2.75, 3.05) is 0 Å². The quantitative estimate of drug-likeness (QED) is 0.371. The monoisotopic (exact) mass is 442 g/mol. The molecule has 0 heterocycles. The van der Waals surface area contributed by atoms with Gasteiger partial charge in [-0.1, -0.05) is 70.8 Å². The number of hydrogen-bond donors (Lipinski definition) is 1. The fraction of sp³-hybridized carbons (Fsp3) is 0.871. The van der Waals surface area contributed by atoms with E-state index in [2.05, 4.69) is 61.5 Å². The maximum Gasteiger partial charge on any atom is 0.0594 e. The Morgan fingerprint density at radius 1 is 1.09 bits per heavy atom. The van der Waals surface area contributed by atoms with Crippen molar-refractivity contribution in [3.05, 3.63) is 22.8 Å². The molecule has 0 aromatic heterocycles. The van der Waals surface area contributed by atoms with Gasteiger partial charge in [-0.2, -0.15) is 0 Å². The molecule has 0 aromatic carbocycles. The van der Waals surface area contributed by atoms with Gasteiger partial charge in [0.25, 0.3) is 0 Å². The van der Waals surface area contributed by atoms with Gasteiger partial charge in [0, 0.05) is 0 Å². The maximum absolute atomic E-state index is 10.9. The Morgan fingerprint density at radius 3 is 2.47 bits per heavy atom. The van der Waals surface area contributed by atoms with Crippen molar-refractivity contribution in [2.24, 2.45) is 34.0 Å². The largest absolute Gasteiger partial charge is 0.393 e. The lowest BCUT2D eigenvalue weighted by Crippen LogP contribution is -2.52. The van der Waals surface area contributed by atoms with Crippen LogP contribution in [0.1, 0.15) is 132 Å². The number of hydrogen-bond acceptors (Lipinski definition) is 1. The molecule has 3 aliphatic rings. The molecule has 2 saturated carbocycles. The molecule has 0 aromatic rings. The van der Waals surface area contributed by atoms with Crippen molar-refractivity contribution in [1.29, 1.82) is 0 Å². The third-order valence-electron chi connectivity index (χ3n) is 10.5. The van der Waals surface area contributed by atoms with Crippen LogP contribution in [0, 0.1) is 34.0 Å². The van der Waals surface area contributed by atoms with E-state index >= 15 is 0 Å². The molecule has 0 unspecified atom stereocenters. The Labute approximate surface area is 200 Å². The molecule has 0 aliphatic heterocycles. The Hall–Kier alpha value is -0.560. The van der Waals surface area contributed by atoms with Crippen LogP contribution in [0.4, 0.5) is 0 Å². The SMILES string of the molecule is CCCCC1=C([C@]2(C)CC[C@H]([C@H](C)CCC=C(C)C)C2)CC[C@H]2C(C)(C)[C@@H](O)CC[C@]12C. The van der Waals surface area contributed by atoms with E-state index in [1.54, 1.807) is 0 Å². The normalized spacial score (nSPS) is 37.8. The lowest BCUT2D eigenvalue weighted by molar-refractivity contribution is -0.0907. The van der Waals surface area contributed by atoms with Crippen molar-refractivity contribution >= 4 is 0 Å². The predicted octanol–water partition coefficient (Wildman–Crippen LogP) is 9.26. The van der Waals surface area contributed by atoms with E-state index in [-0.39, 0.29) is 11.5 Å². The molecular formula is C31H54O. The van der Waals surface area contributed by atoms with E-state index in [4.69, 9.17) is 0 Å². The fourth-order valence-corrected chi connectivity index (χ4v) is 8.25. The topological polar surface area (TPSA) is 20.2 Å². The Balaban J connectivity index is 1.87. The minimum Gasteiger partial charge on any atom is -0.393 e. The first kappa shape index (κ1) is 26.1. The molecular weight excluding hydrogens is 388 g/mol. The summed E-state index contributed by atoms with van der Waals surface area (Å²) in [7, 11) is 0. The summed E-state index contributed by atoms with van der Waals surface area (Å²) in [5.74, 6) is 2.35. The highest BCUT2D eigenvalue weighted by atomic mass is 16.3. The zero-order valence-electron chi connectivity index (χ0n) is 22.8. The van der Waals surface area contributed by atoms with Crippen LogP contribution in [0.25, 0.3) is 0 Å². The molecule has 1 heteroatoms. The molecule has 3 rings (SSSR count). The number of unbranched alkanes of at least 4 members (excludes halogenated alkanes) is 1. The molecule has 0 spiro atoms. The van der Waals surface area contributed by atoms with Crippen LogP contribution in [-0.4, -0.2) is 11.2 Å². The Morgan fingerprint density at radius 2 is 1.81 bits per heavy atom. The summed E-state index contributed by atoms with van der Waals surface area (Å²) in [6.45, 7) is 19.2. The van der Waals surface area contributed by atoms with Gasteiger partial charge < -0.3 is 5.11 Å². The van der Waals surface area contributed by atoms with Crippen molar-refractivity contribution in [1.82, 2.24) is 0 Å². The van der Waals surface area contributed by atoms with Gasteiger partial charge in [0.2, 0.25) is 0 Å². The first-order valence-electron chi connectivity index (χ1n) is 14.0. The smallest absolute Gasteiger partial charge is 0.0594 e. The second kappa shape index (κ2) is 9.97. The third-order valence-corrected chi connectivity index (χ3v) is 10.5. The molecule has 3 aliphatic carbocycles. The first-order valence-corrected chi connectivity index (χ1v) is 14.0. The van der Waals surface area contributed by atoms with E-state index in [1.165, 1.54) is 76.2 Å². The van der Waals surface area contributed by atoms with Crippen LogP contribution >= 0.6 is 0 Å². The predicted molar refractivity (Wildman–Crippen MR) is 140 cm³/mol. The van der Waals surface area contributed by atoms with E-state index in [9.17, 15) is 5.11 Å². The summed E-state index contributed by atoms with van der Waals surface area (Å²) in [4.78, 5) is 0. The first-order chi connectivity index (χ1) is 15.0. The number of fused-ring (bicyclic) bond motifs is 1. The molecule has 1 nitrogen and oxygen atoms in total. The Bertz CT molecular complexity index is 708. The van der Waals surface area contributed by atoms with Crippen LogP contribution in [0.3, 0.4) is 0 Å². The number of allylic oxidation sites excluding steroid dienone is 4. The zero-order valence-corrected chi connectivity index (χ0v) is 22.8. The highest BCUT2D eigenvalue weighted by Gasteiger charge is 2.55. The summed E-state index contributed by atoms with van der Waals surface area (Å²) in [5.41, 5.74) is 5.92. The van der Waals surface area contributed by atoms with Crippen molar-refractivity contribution in [3.63, 3.8) is 0 Å². The van der Waals surface area contributed by atoms with Crippen LogP contribution in [0.2, 0.25) is 0 Å². The third kappa shape index (κ3) is 4.94. The number of aliphatic hydroxyl groups excluding tert-OH is 1. The summed E-state index contributed by atoms with van der Waals surface area (Å²) >= 11 is 0. The molecule has 32 heavy (non-hydrogen) atoms. The van der Waals surface area contributed by atoms with Crippen LogP contribution in [0.5, 0.6) is 0 Å². The lowest BCUT2D eigenvalue weighted by atomic mass is 9.47. The van der Waals surface area contributed by atoms with Gasteiger partial charge in [-0.3, -0.25) is 0 Å². The maximum atomic E-state index is 10.9. The second-order valence-corrected chi connectivity index (χ2v) is 13.3. The highest BCUT2D eigenvalue weighted by molar-refractivity contribution is 5.34. The number of aliphatic hydroxyl groups is 1. The van der Waals surface area contributed by atoms with Gasteiger partial charge in [0.1, 0.15) is 0 Å². The minimum atomic E-state index is -0.136. The molecule has 0 radical (unpaired) electrons. The zero-order chi connectivity index (χ0) is 23.7. The highest BCUT2D eigenvalue weighted by Crippen LogP contribution is 2.64. The van der Waals surface area contributed by atoms with Gasteiger partial charge in [-0.15, -0.1) is 0 Å². The van der Waals surface area contributed by atoms with E-state index < -0.39 is 0 Å². The molecule has 0 amide bonds. The van der Waals surface area contributed by atoms with Crippen LogP contribution < -0.4 is 0 Å². The van der Waals surface area contributed by atoms with Gasteiger partial charge in [0.05, 0.1) is 6.10 Å². The van der Waals surface area contributed by atoms with E-state index in [0.29, 0.717) is 16.7 Å². The van der Waals surface area contributed by atoms with Crippen molar-refractivity contribution in [3.8, 4) is 0 Å². The molecule has 0 saturated heterocycles. The summed E-state index contributed by atoms with van der Waals surface area (Å²) in [6, 6.07) is 0. The van der Waals surface area contributed by atoms with Gasteiger partial charge in [0.15, 0.2) is 0 Å². The molecule has 0 bridgehead atoms. The van der Waals surface area contributed by atoms with Gasteiger partial charge in [-0.25, -0.2) is 0 Å². The summed E-state index contributed by atoms with van der Waals surface area (Å²) in [5, 5.41) is 10.9. The molecule has 1 N–H and O–H groups in total. The summed E-state index contributed by atoms with van der Waals surface area (Å²) < 4.78 is 0. The van der Waals surface area contributed by atoms with Gasteiger partial charge >= 0.3 is 0 Å². The van der Waals surface area contributed by atoms with E-state index in [1.807, 2.05) is 11.1 Å². The second-order valence-electron chi connectivity index (χ2n) is 13.3. The lowest BCUT2D eigenvalue weighted by Gasteiger charge is -2.58. The van der Waals surface area contributed by atoms with Crippen molar-refractivity contribution in [2.45, 2.75) is 139 Å². The summed E-state index contributed by atoms with van der Waals surface area (Å²) in [6.07, 6.45) is 17.7. The average Bonchev–Trinajstić information content (AvgIpc) is 3.12. The van der Waals surface area contributed by atoms with Crippen LogP contribution in [0.15, 0.2) is 22.8 Å². The van der Waals surface area contributed by atoms with Gasteiger partial charge in [-0.05, 0) is 118 Å². The number of rotatable bonds is 8. The molecule has 184 valence electrons. The minimum absolute atomic E-state index is 0.0363. The standard InChI is InChI=1S/C31H54O/c1-9-10-14-26-25(15-16-27-29(5,6)28(32)18-20-31(26,27)8)30(7)19-17-24(21-30)23(4)13-11-12-22(2)3/h12,23-24,27-28,32H,9-11,13-21H2,1-8H3/t23-,24+,27+,28+,30-,31-/m1/s1. The molecule has 2 fully saturated rings. The fourth-order valence-electron chi connectivity index (χ4n) is 8.25. The Kier molecular flexibility index (Phi) is 8.12. The van der Waals surface area contributed by atoms with Crippen molar-refractivity contribution < 1.29 is 5.11 Å².